The Morgan fingerprint density at radius 1 is 1.25 bits per heavy atom. The molecule has 1 fully saturated rings. The first-order valence-corrected chi connectivity index (χ1v) is 7.51. The van der Waals surface area contributed by atoms with Gasteiger partial charge in [0, 0.05) is 11.5 Å². The van der Waals surface area contributed by atoms with E-state index in [1.54, 1.807) is 0 Å². The Kier molecular flexibility index (Phi) is 3.66. The highest BCUT2D eigenvalue weighted by Crippen LogP contribution is 2.29. The lowest BCUT2D eigenvalue weighted by molar-refractivity contribution is 0.161. The highest BCUT2D eigenvalue weighted by Gasteiger charge is 2.17. The van der Waals surface area contributed by atoms with Crippen LogP contribution in [0.25, 0.3) is 11.0 Å². The average Bonchev–Trinajstić information content (AvgIpc) is 2.88. The normalized spacial score (nSPS) is 17.0. The van der Waals surface area contributed by atoms with Gasteiger partial charge < -0.3 is 15.0 Å². The molecule has 1 aliphatic rings. The van der Waals surface area contributed by atoms with Crippen molar-refractivity contribution >= 4 is 11.0 Å². The third kappa shape index (κ3) is 2.52. The molecular weight excluding hydrogens is 250 g/mol. The number of benzene rings is 1. The van der Waals surface area contributed by atoms with Gasteiger partial charge in [0.15, 0.2) is 0 Å². The summed E-state index contributed by atoms with van der Waals surface area (Å²) in [4.78, 5) is 8.11. The van der Waals surface area contributed by atoms with Gasteiger partial charge >= 0.3 is 0 Å². The van der Waals surface area contributed by atoms with E-state index < -0.39 is 0 Å². The van der Waals surface area contributed by atoms with E-state index in [-0.39, 0.29) is 0 Å². The third-order valence-corrected chi connectivity index (χ3v) is 4.00. The van der Waals surface area contributed by atoms with Crippen LogP contribution in [0, 0.1) is 6.92 Å². The van der Waals surface area contributed by atoms with Crippen LogP contribution in [0.5, 0.6) is 5.75 Å². The molecule has 0 saturated carbocycles. The second kappa shape index (κ2) is 5.44. The van der Waals surface area contributed by atoms with Gasteiger partial charge in [-0.05, 0) is 45.0 Å². The lowest BCUT2D eigenvalue weighted by Gasteiger charge is -2.24. The molecule has 4 heteroatoms. The second-order valence-corrected chi connectivity index (χ2v) is 5.93. The van der Waals surface area contributed by atoms with E-state index >= 15 is 0 Å². The van der Waals surface area contributed by atoms with E-state index in [0.717, 1.165) is 54.1 Å². The van der Waals surface area contributed by atoms with Gasteiger partial charge in [0.05, 0.1) is 11.0 Å². The molecule has 3 rings (SSSR count). The van der Waals surface area contributed by atoms with Crippen LogP contribution in [0.4, 0.5) is 0 Å². The Morgan fingerprint density at radius 3 is 2.70 bits per heavy atom. The topological polar surface area (TPSA) is 49.9 Å². The number of imidazole rings is 1. The van der Waals surface area contributed by atoms with E-state index in [9.17, 15) is 0 Å². The van der Waals surface area contributed by atoms with E-state index in [1.165, 1.54) is 0 Å². The second-order valence-electron chi connectivity index (χ2n) is 5.93. The number of nitrogens with one attached hydrogen (secondary N) is 2. The number of aryl methyl sites for hydroxylation is 1. The molecule has 4 nitrogen and oxygen atoms in total. The van der Waals surface area contributed by atoms with Crippen molar-refractivity contribution in [2.75, 3.05) is 13.1 Å². The van der Waals surface area contributed by atoms with Crippen molar-refractivity contribution in [2.45, 2.75) is 45.6 Å². The average molecular weight is 273 g/mol. The lowest BCUT2D eigenvalue weighted by Crippen LogP contribution is -2.34. The van der Waals surface area contributed by atoms with Crippen molar-refractivity contribution < 1.29 is 4.74 Å². The SMILES string of the molecule is Cc1c(OC2CCNCC2)ccc2[nH]c(C(C)C)nc12. The van der Waals surface area contributed by atoms with Gasteiger partial charge in [-0.1, -0.05) is 13.8 Å². The number of rotatable bonds is 3. The molecule has 0 bridgehead atoms. The van der Waals surface area contributed by atoms with Gasteiger partial charge in [0.25, 0.3) is 0 Å². The van der Waals surface area contributed by atoms with Gasteiger partial charge in [-0.25, -0.2) is 4.98 Å². The van der Waals surface area contributed by atoms with Crippen molar-refractivity contribution in [1.29, 1.82) is 0 Å². The van der Waals surface area contributed by atoms with Crippen LogP contribution in [0.15, 0.2) is 12.1 Å². The van der Waals surface area contributed by atoms with Crippen LogP contribution in [0.2, 0.25) is 0 Å². The molecule has 1 saturated heterocycles. The Balaban J connectivity index is 1.89. The van der Waals surface area contributed by atoms with E-state index in [4.69, 9.17) is 9.72 Å². The number of fused-ring (bicyclic) bond motifs is 1. The number of hydrogen-bond acceptors (Lipinski definition) is 3. The number of ether oxygens (including phenoxy) is 1. The minimum Gasteiger partial charge on any atom is -0.490 e. The Hall–Kier alpha value is -1.55. The molecule has 1 aromatic carbocycles. The zero-order chi connectivity index (χ0) is 14.1. The highest BCUT2D eigenvalue weighted by atomic mass is 16.5. The molecule has 1 aliphatic heterocycles. The predicted octanol–water partition coefficient (Wildman–Crippen LogP) is 3.13. The highest BCUT2D eigenvalue weighted by molar-refractivity contribution is 5.81. The third-order valence-electron chi connectivity index (χ3n) is 4.00. The lowest BCUT2D eigenvalue weighted by atomic mass is 10.1. The maximum absolute atomic E-state index is 6.17. The van der Waals surface area contributed by atoms with E-state index in [1.807, 2.05) is 0 Å². The Labute approximate surface area is 119 Å². The van der Waals surface area contributed by atoms with Gasteiger partial charge in [0.2, 0.25) is 0 Å². The van der Waals surface area contributed by atoms with Crippen LogP contribution >= 0.6 is 0 Å². The Morgan fingerprint density at radius 2 is 2.00 bits per heavy atom. The molecule has 0 aliphatic carbocycles. The molecule has 0 spiro atoms. The number of hydrogen-bond donors (Lipinski definition) is 2. The molecule has 1 aromatic heterocycles. The van der Waals surface area contributed by atoms with Crippen molar-refractivity contribution in [2.24, 2.45) is 0 Å². The maximum atomic E-state index is 6.17. The fourth-order valence-electron chi connectivity index (χ4n) is 2.71. The van der Waals surface area contributed by atoms with Crippen LogP contribution in [-0.4, -0.2) is 29.2 Å². The van der Waals surface area contributed by atoms with Crippen LogP contribution in [-0.2, 0) is 0 Å². The molecule has 2 N–H and O–H groups in total. The molecule has 20 heavy (non-hydrogen) atoms. The molecule has 2 aromatic rings. The largest absolute Gasteiger partial charge is 0.490 e. The quantitative estimate of drug-likeness (QED) is 0.903. The first-order chi connectivity index (χ1) is 9.65. The number of nitrogens with zero attached hydrogens (tertiary/aromatic N) is 1. The Bertz CT molecular complexity index is 597. The van der Waals surface area contributed by atoms with Crippen LogP contribution < -0.4 is 10.1 Å². The van der Waals surface area contributed by atoms with E-state index in [2.05, 4.69) is 43.2 Å². The molecule has 2 heterocycles. The summed E-state index contributed by atoms with van der Waals surface area (Å²) < 4.78 is 6.17. The van der Waals surface area contributed by atoms with Gasteiger partial charge in [-0.2, -0.15) is 0 Å². The molecule has 0 radical (unpaired) electrons. The zero-order valence-corrected chi connectivity index (χ0v) is 12.5. The number of aromatic amines is 1. The van der Waals surface area contributed by atoms with Gasteiger partial charge in [-0.3, -0.25) is 0 Å². The smallest absolute Gasteiger partial charge is 0.124 e. The molecule has 0 atom stereocenters. The van der Waals surface area contributed by atoms with Gasteiger partial charge in [-0.15, -0.1) is 0 Å². The van der Waals surface area contributed by atoms with Crippen LogP contribution in [0.1, 0.15) is 44.0 Å². The number of piperidine rings is 1. The summed E-state index contributed by atoms with van der Waals surface area (Å²) in [5.74, 6) is 2.43. The minimum atomic E-state index is 0.330. The summed E-state index contributed by atoms with van der Waals surface area (Å²) in [6, 6.07) is 4.15. The van der Waals surface area contributed by atoms with Gasteiger partial charge in [0.1, 0.15) is 17.7 Å². The summed E-state index contributed by atoms with van der Waals surface area (Å²) in [5.41, 5.74) is 3.29. The number of H-pyrrole nitrogens is 1. The molecule has 108 valence electrons. The predicted molar refractivity (Wildman–Crippen MR) is 81.4 cm³/mol. The fourth-order valence-corrected chi connectivity index (χ4v) is 2.71. The summed E-state index contributed by atoms with van der Waals surface area (Å²) in [6.45, 7) is 8.50. The molecular formula is C16H23N3O. The number of aromatic nitrogens is 2. The fraction of sp³-hybridized carbons (Fsp3) is 0.562. The van der Waals surface area contributed by atoms with Crippen molar-refractivity contribution in [3.63, 3.8) is 0 Å². The molecule has 0 amide bonds. The zero-order valence-electron chi connectivity index (χ0n) is 12.5. The van der Waals surface area contributed by atoms with Crippen molar-refractivity contribution in [1.82, 2.24) is 15.3 Å². The first-order valence-electron chi connectivity index (χ1n) is 7.51. The van der Waals surface area contributed by atoms with E-state index in [0.29, 0.717) is 12.0 Å². The standard InChI is InChI=1S/C16H23N3O/c1-10(2)16-18-13-4-5-14(11(3)15(13)19-16)20-12-6-8-17-9-7-12/h4-5,10,12,17H,6-9H2,1-3H3,(H,18,19). The minimum absolute atomic E-state index is 0.330. The summed E-state index contributed by atoms with van der Waals surface area (Å²) in [7, 11) is 0. The van der Waals surface area contributed by atoms with Crippen molar-refractivity contribution in [3.05, 3.63) is 23.5 Å². The van der Waals surface area contributed by atoms with Crippen LogP contribution in [0.3, 0.4) is 0 Å². The monoisotopic (exact) mass is 273 g/mol. The van der Waals surface area contributed by atoms with Crippen molar-refractivity contribution in [3.8, 4) is 5.75 Å². The molecule has 0 unspecified atom stereocenters. The maximum Gasteiger partial charge on any atom is 0.124 e. The summed E-state index contributed by atoms with van der Waals surface area (Å²) in [5, 5.41) is 3.36. The summed E-state index contributed by atoms with van der Waals surface area (Å²) >= 11 is 0. The summed E-state index contributed by atoms with van der Waals surface area (Å²) in [6.07, 6.45) is 2.49. The first kappa shape index (κ1) is 13.4.